The summed E-state index contributed by atoms with van der Waals surface area (Å²) < 4.78 is 11.8. The number of halogens is 1. The summed E-state index contributed by atoms with van der Waals surface area (Å²) in [4.78, 5) is 0. The van der Waals surface area contributed by atoms with Crippen molar-refractivity contribution in [2.24, 2.45) is 0 Å². The molecule has 0 bridgehead atoms. The summed E-state index contributed by atoms with van der Waals surface area (Å²) in [5.41, 5.74) is 1.35. The average molecular weight is 314 g/mol. The van der Waals surface area contributed by atoms with Crippen molar-refractivity contribution >= 4 is 15.9 Å². The normalized spacial score (nSPS) is 23.9. The Labute approximate surface area is 117 Å². The van der Waals surface area contributed by atoms with Crippen LogP contribution in [0.4, 0.5) is 0 Å². The zero-order valence-corrected chi connectivity index (χ0v) is 12.5. The van der Waals surface area contributed by atoms with Crippen molar-refractivity contribution in [2.75, 3.05) is 20.3 Å². The van der Waals surface area contributed by atoms with Crippen LogP contribution < -0.4 is 10.1 Å². The summed E-state index contributed by atoms with van der Waals surface area (Å²) in [6.07, 6.45) is 2.31. The van der Waals surface area contributed by atoms with E-state index in [1.165, 1.54) is 12.0 Å². The maximum Gasteiger partial charge on any atom is 0.133 e. The van der Waals surface area contributed by atoms with E-state index >= 15 is 0 Å². The molecule has 1 aromatic carbocycles. The average Bonchev–Trinajstić information content (AvgIpc) is 2.38. The molecule has 0 spiro atoms. The molecule has 0 radical (unpaired) electrons. The Bertz CT molecular complexity index is 403. The molecular formula is C14H20BrNO2. The molecule has 0 amide bonds. The smallest absolute Gasteiger partial charge is 0.133 e. The second kappa shape index (κ2) is 6.04. The maximum atomic E-state index is 5.54. The van der Waals surface area contributed by atoms with Gasteiger partial charge < -0.3 is 14.8 Å². The molecule has 1 unspecified atom stereocenters. The number of nitrogens with one attached hydrogen (secondary N) is 1. The van der Waals surface area contributed by atoms with Crippen LogP contribution in [0.5, 0.6) is 5.75 Å². The first-order valence-electron chi connectivity index (χ1n) is 6.28. The topological polar surface area (TPSA) is 30.5 Å². The summed E-state index contributed by atoms with van der Waals surface area (Å²) in [5, 5.41) is 3.59. The lowest BCUT2D eigenvalue weighted by atomic mass is 9.94. The molecule has 3 nitrogen and oxygen atoms in total. The van der Waals surface area contributed by atoms with Crippen molar-refractivity contribution in [3.8, 4) is 5.75 Å². The lowest BCUT2D eigenvalue weighted by Gasteiger charge is -2.34. The van der Waals surface area contributed by atoms with Crippen LogP contribution in [-0.4, -0.2) is 25.9 Å². The van der Waals surface area contributed by atoms with Gasteiger partial charge in [-0.3, -0.25) is 0 Å². The number of ether oxygens (including phenoxy) is 2. The molecular weight excluding hydrogens is 294 g/mol. The fourth-order valence-electron chi connectivity index (χ4n) is 2.21. The van der Waals surface area contributed by atoms with Gasteiger partial charge in [0.1, 0.15) is 5.75 Å². The molecule has 1 N–H and O–H groups in total. The van der Waals surface area contributed by atoms with Gasteiger partial charge in [-0.05, 0) is 53.4 Å². The Morgan fingerprint density at radius 2 is 2.33 bits per heavy atom. The van der Waals surface area contributed by atoms with Crippen molar-refractivity contribution < 1.29 is 9.47 Å². The molecule has 0 aromatic heterocycles. The van der Waals surface area contributed by atoms with Gasteiger partial charge in [-0.2, -0.15) is 0 Å². The van der Waals surface area contributed by atoms with Crippen LogP contribution in [0.15, 0.2) is 22.7 Å². The van der Waals surface area contributed by atoms with Gasteiger partial charge in [0.25, 0.3) is 0 Å². The highest BCUT2D eigenvalue weighted by molar-refractivity contribution is 9.10. The van der Waals surface area contributed by atoms with Crippen LogP contribution in [0.25, 0.3) is 0 Å². The molecule has 1 fully saturated rings. The molecule has 4 heteroatoms. The summed E-state index contributed by atoms with van der Waals surface area (Å²) in [6, 6.07) is 6.17. The molecule has 1 heterocycles. The van der Waals surface area contributed by atoms with Gasteiger partial charge in [0.15, 0.2) is 0 Å². The van der Waals surface area contributed by atoms with Crippen molar-refractivity contribution in [3.63, 3.8) is 0 Å². The third kappa shape index (κ3) is 3.46. The maximum absolute atomic E-state index is 5.54. The molecule has 2 rings (SSSR count). The van der Waals surface area contributed by atoms with Gasteiger partial charge in [0.05, 0.1) is 18.2 Å². The van der Waals surface area contributed by atoms with E-state index in [1.807, 2.05) is 6.07 Å². The van der Waals surface area contributed by atoms with Gasteiger partial charge >= 0.3 is 0 Å². The van der Waals surface area contributed by atoms with Crippen LogP contribution in [0, 0.1) is 0 Å². The van der Waals surface area contributed by atoms with Crippen LogP contribution in [0.1, 0.15) is 25.3 Å². The van der Waals surface area contributed by atoms with Gasteiger partial charge in [-0.25, -0.2) is 0 Å². The molecule has 18 heavy (non-hydrogen) atoms. The van der Waals surface area contributed by atoms with E-state index in [9.17, 15) is 0 Å². The summed E-state index contributed by atoms with van der Waals surface area (Å²) >= 11 is 3.51. The summed E-state index contributed by atoms with van der Waals surface area (Å²) in [7, 11) is 1.68. The minimum atomic E-state index is 0.102. The molecule has 1 aromatic rings. The van der Waals surface area contributed by atoms with Gasteiger partial charge in [-0.1, -0.05) is 6.07 Å². The molecule has 1 aliphatic heterocycles. The van der Waals surface area contributed by atoms with E-state index in [4.69, 9.17) is 9.47 Å². The third-order valence-electron chi connectivity index (χ3n) is 3.37. The number of rotatable bonds is 4. The number of benzene rings is 1. The Balaban J connectivity index is 1.95. The number of hydrogen-bond donors (Lipinski definition) is 1. The van der Waals surface area contributed by atoms with E-state index in [1.54, 1.807) is 7.11 Å². The fourth-order valence-corrected chi connectivity index (χ4v) is 2.80. The third-order valence-corrected chi connectivity index (χ3v) is 3.99. The Morgan fingerprint density at radius 1 is 1.50 bits per heavy atom. The molecule has 1 saturated heterocycles. The van der Waals surface area contributed by atoms with Crippen molar-refractivity contribution in [1.82, 2.24) is 5.32 Å². The highest BCUT2D eigenvalue weighted by Crippen LogP contribution is 2.26. The summed E-state index contributed by atoms with van der Waals surface area (Å²) in [5.74, 6) is 0.867. The SMILES string of the molecule is COc1ccc(CNC2(C)CCCOC2)cc1Br. The Kier molecular flexibility index (Phi) is 4.65. The zero-order chi connectivity index (χ0) is 13.0. The predicted octanol–water partition coefficient (Wildman–Crippen LogP) is 3.12. The lowest BCUT2D eigenvalue weighted by molar-refractivity contribution is 0.0278. The fraction of sp³-hybridized carbons (Fsp3) is 0.571. The van der Waals surface area contributed by atoms with E-state index in [0.717, 1.165) is 36.4 Å². The van der Waals surface area contributed by atoms with Crippen LogP contribution in [0.3, 0.4) is 0 Å². The Hall–Kier alpha value is -0.580. The predicted molar refractivity (Wildman–Crippen MR) is 76.0 cm³/mol. The molecule has 1 aliphatic rings. The van der Waals surface area contributed by atoms with Crippen LogP contribution in [0.2, 0.25) is 0 Å². The summed E-state index contributed by atoms with van der Waals surface area (Å²) in [6.45, 7) is 4.77. The van der Waals surface area contributed by atoms with Crippen molar-refractivity contribution in [3.05, 3.63) is 28.2 Å². The molecule has 0 saturated carbocycles. The highest BCUT2D eigenvalue weighted by Gasteiger charge is 2.26. The molecule has 0 aliphatic carbocycles. The van der Waals surface area contributed by atoms with Crippen LogP contribution in [-0.2, 0) is 11.3 Å². The second-order valence-electron chi connectivity index (χ2n) is 5.04. The first-order valence-corrected chi connectivity index (χ1v) is 7.07. The first kappa shape index (κ1) is 13.8. The number of hydrogen-bond acceptors (Lipinski definition) is 3. The Morgan fingerprint density at radius 3 is 2.94 bits per heavy atom. The largest absolute Gasteiger partial charge is 0.496 e. The van der Waals surface area contributed by atoms with E-state index in [2.05, 4.69) is 40.3 Å². The van der Waals surface area contributed by atoms with Crippen molar-refractivity contribution in [1.29, 1.82) is 0 Å². The minimum Gasteiger partial charge on any atom is -0.496 e. The standard InChI is InChI=1S/C14H20BrNO2/c1-14(6-3-7-18-10-14)16-9-11-4-5-13(17-2)12(15)8-11/h4-5,8,16H,3,6-7,9-10H2,1-2H3. The lowest BCUT2D eigenvalue weighted by Crippen LogP contribution is -2.48. The quantitative estimate of drug-likeness (QED) is 0.926. The first-order chi connectivity index (χ1) is 8.63. The van der Waals surface area contributed by atoms with Crippen molar-refractivity contribution in [2.45, 2.75) is 31.8 Å². The zero-order valence-electron chi connectivity index (χ0n) is 11.0. The van der Waals surface area contributed by atoms with Crippen LogP contribution >= 0.6 is 15.9 Å². The van der Waals surface area contributed by atoms with E-state index < -0.39 is 0 Å². The van der Waals surface area contributed by atoms with Gasteiger partial charge in [0, 0.05) is 18.7 Å². The second-order valence-corrected chi connectivity index (χ2v) is 5.89. The molecule has 100 valence electrons. The van der Waals surface area contributed by atoms with Gasteiger partial charge in [-0.15, -0.1) is 0 Å². The van der Waals surface area contributed by atoms with Gasteiger partial charge in [0.2, 0.25) is 0 Å². The molecule has 1 atom stereocenters. The monoisotopic (exact) mass is 313 g/mol. The minimum absolute atomic E-state index is 0.102. The number of methoxy groups -OCH3 is 1. The van der Waals surface area contributed by atoms with E-state index in [0.29, 0.717) is 0 Å². The van der Waals surface area contributed by atoms with E-state index in [-0.39, 0.29) is 5.54 Å². The highest BCUT2D eigenvalue weighted by atomic mass is 79.9.